The number of ketones is 2. The number of hydrogen-bond acceptors (Lipinski definition) is 8. The predicted molar refractivity (Wildman–Crippen MR) is 131 cm³/mol. The summed E-state index contributed by atoms with van der Waals surface area (Å²) in [5.74, 6) is -4.09. The lowest BCUT2D eigenvalue weighted by molar-refractivity contribution is -0.134. The Kier molecular flexibility index (Phi) is 5.80. The summed E-state index contributed by atoms with van der Waals surface area (Å²) >= 11 is 0. The predicted octanol–water partition coefficient (Wildman–Crippen LogP) is 1.90. The summed E-state index contributed by atoms with van der Waals surface area (Å²) in [6, 6.07) is 17.3. The van der Waals surface area contributed by atoms with Gasteiger partial charge >= 0.3 is 0 Å². The molecule has 172 valence electrons. The maximum absolute atomic E-state index is 13.5. The number of aliphatic hydroxyl groups is 2. The van der Waals surface area contributed by atoms with Crippen LogP contribution in [0.25, 0.3) is 5.57 Å². The molecule has 0 spiro atoms. The van der Waals surface area contributed by atoms with E-state index in [4.69, 9.17) is 22.9 Å². The van der Waals surface area contributed by atoms with E-state index in [2.05, 4.69) is 0 Å². The smallest absolute Gasteiger partial charge is 0.213 e. The number of hydrogen-bond donors (Lipinski definition) is 6. The molecule has 3 aromatic rings. The maximum Gasteiger partial charge on any atom is 0.213 e. The van der Waals surface area contributed by atoms with Gasteiger partial charge in [0.15, 0.2) is 11.6 Å². The van der Waals surface area contributed by atoms with Gasteiger partial charge in [-0.15, -0.1) is 0 Å². The third-order valence-electron chi connectivity index (χ3n) is 5.70. The molecule has 34 heavy (non-hydrogen) atoms. The van der Waals surface area contributed by atoms with Crippen LogP contribution in [0.1, 0.15) is 26.3 Å². The fourth-order valence-electron chi connectivity index (χ4n) is 3.98. The number of nitrogens with two attached hydrogens (primary N) is 4. The van der Waals surface area contributed by atoms with Crippen molar-refractivity contribution in [1.29, 1.82) is 0 Å². The Morgan fingerprint density at radius 3 is 1.76 bits per heavy atom. The molecule has 0 saturated heterocycles. The molecule has 0 fully saturated rings. The third-order valence-corrected chi connectivity index (χ3v) is 5.70. The Morgan fingerprint density at radius 1 is 0.735 bits per heavy atom. The first-order valence-electron chi connectivity index (χ1n) is 10.4. The zero-order valence-corrected chi connectivity index (χ0v) is 18.1. The molecule has 0 radical (unpaired) electrons. The average molecular weight is 457 g/mol. The molecule has 0 heterocycles. The second-order valence-corrected chi connectivity index (χ2v) is 8.12. The summed E-state index contributed by atoms with van der Waals surface area (Å²) in [5, 5.41) is 22.0. The molecule has 0 saturated carbocycles. The molecule has 8 nitrogen and oxygen atoms in total. The molecule has 3 aromatic carbocycles. The molecule has 1 unspecified atom stereocenters. The quantitative estimate of drug-likeness (QED) is 0.191. The highest BCUT2D eigenvalue weighted by molar-refractivity contribution is 6.19. The Labute approximate surface area is 195 Å². The highest BCUT2D eigenvalue weighted by Gasteiger charge is 2.47. The topological polar surface area (TPSA) is 179 Å². The van der Waals surface area contributed by atoms with Crippen LogP contribution >= 0.6 is 0 Å². The first-order valence-corrected chi connectivity index (χ1v) is 10.4. The van der Waals surface area contributed by atoms with Crippen LogP contribution in [-0.2, 0) is 0 Å². The van der Waals surface area contributed by atoms with Crippen molar-refractivity contribution < 1.29 is 19.8 Å². The zero-order chi connectivity index (χ0) is 24.6. The van der Waals surface area contributed by atoms with Crippen molar-refractivity contribution in [1.82, 2.24) is 0 Å². The molecule has 0 aliphatic heterocycles. The van der Waals surface area contributed by atoms with Gasteiger partial charge in [-0.05, 0) is 53.6 Å². The molecule has 1 atom stereocenters. The molecule has 4 rings (SSSR count). The van der Waals surface area contributed by atoms with Gasteiger partial charge in [0.1, 0.15) is 0 Å². The van der Waals surface area contributed by atoms with Crippen LogP contribution in [-0.4, -0.2) is 33.6 Å². The number of Topliss-reactive ketones (excluding diaryl/α,β-unsaturated/α-hetero) is 2. The molecule has 1 aliphatic rings. The number of nitrogen functional groups attached to an aromatic ring is 3. The Morgan fingerprint density at radius 2 is 1.24 bits per heavy atom. The van der Waals surface area contributed by atoms with Gasteiger partial charge in [0.2, 0.25) is 5.79 Å². The molecule has 0 amide bonds. The highest BCUT2D eigenvalue weighted by Crippen LogP contribution is 2.38. The maximum atomic E-state index is 13.5. The SMILES string of the molecule is Nc1cccc(C(=O)C2=CC(c3cccc(N)c3)=C(C(=O)c3cccc(N)c3)C(N)C2(O)O)c1. The van der Waals surface area contributed by atoms with Crippen LogP contribution in [0.5, 0.6) is 0 Å². The standard InChI is InChI=1S/C26H24N4O4/c27-17-7-1-4-14(10-17)20-13-21(23(31)15-5-2-8-18(28)11-15)26(33,34)25(30)22(20)24(32)16-6-3-9-19(29)12-16/h1-13,25,33-34H,27-30H2. The average Bonchev–Trinajstić information content (AvgIpc) is 2.80. The number of carbonyl (C=O) groups excluding carboxylic acids is 2. The summed E-state index contributed by atoms with van der Waals surface area (Å²) in [4.78, 5) is 26.8. The number of rotatable bonds is 5. The second kappa shape index (κ2) is 8.60. The normalized spacial score (nSPS) is 17.3. The first-order chi connectivity index (χ1) is 16.1. The lowest BCUT2D eigenvalue weighted by atomic mass is 9.76. The van der Waals surface area contributed by atoms with E-state index in [9.17, 15) is 19.8 Å². The van der Waals surface area contributed by atoms with Gasteiger partial charge in [-0.1, -0.05) is 36.4 Å². The van der Waals surface area contributed by atoms with Gasteiger partial charge in [0, 0.05) is 33.8 Å². The monoisotopic (exact) mass is 456 g/mol. The summed E-state index contributed by atoms with van der Waals surface area (Å²) < 4.78 is 0. The second-order valence-electron chi connectivity index (χ2n) is 8.12. The van der Waals surface area contributed by atoms with Crippen molar-refractivity contribution >= 4 is 34.2 Å². The van der Waals surface area contributed by atoms with E-state index in [1.54, 1.807) is 54.6 Å². The van der Waals surface area contributed by atoms with E-state index in [1.165, 1.54) is 24.3 Å². The number of anilines is 3. The van der Waals surface area contributed by atoms with Crippen LogP contribution in [0.3, 0.4) is 0 Å². The van der Waals surface area contributed by atoms with E-state index in [0.29, 0.717) is 22.6 Å². The minimum Gasteiger partial charge on any atom is -0.399 e. The van der Waals surface area contributed by atoms with Crippen LogP contribution < -0.4 is 22.9 Å². The molecule has 0 bridgehead atoms. The van der Waals surface area contributed by atoms with E-state index < -0.39 is 29.0 Å². The summed E-state index contributed by atoms with van der Waals surface area (Å²) in [6.45, 7) is 0. The summed E-state index contributed by atoms with van der Waals surface area (Å²) in [7, 11) is 0. The van der Waals surface area contributed by atoms with Crippen molar-refractivity contribution in [3.8, 4) is 0 Å². The van der Waals surface area contributed by atoms with Crippen molar-refractivity contribution in [2.75, 3.05) is 17.2 Å². The Bertz CT molecular complexity index is 1370. The van der Waals surface area contributed by atoms with Gasteiger partial charge in [-0.25, -0.2) is 0 Å². The van der Waals surface area contributed by atoms with E-state index in [1.807, 2.05) is 0 Å². The van der Waals surface area contributed by atoms with Gasteiger partial charge in [-0.2, -0.15) is 0 Å². The minimum atomic E-state index is -2.84. The molecule has 1 aliphatic carbocycles. The Balaban J connectivity index is 1.97. The molecule has 0 aromatic heterocycles. The van der Waals surface area contributed by atoms with Gasteiger partial charge in [0.05, 0.1) is 11.6 Å². The third kappa shape index (κ3) is 4.08. The van der Waals surface area contributed by atoms with Crippen molar-refractivity contribution in [2.24, 2.45) is 5.73 Å². The number of carbonyl (C=O) groups is 2. The van der Waals surface area contributed by atoms with Gasteiger partial charge < -0.3 is 33.1 Å². The van der Waals surface area contributed by atoms with E-state index >= 15 is 0 Å². The lowest BCUT2D eigenvalue weighted by Gasteiger charge is -2.36. The van der Waals surface area contributed by atoms with Crippen LogP contribution in [0.2, 0.25) is 0 Å². The number of benzene rings is 3. The summed E-state index contributed by atoms with van der Waals surface area (Å²) in [5.41, 5.74) is 25.6. The highest BCUT2D eigenvalue weighted by atomic mass is 16.5. The lowest BCUT2D eigenvalue weighted by Crippen LogP contribution is -2.55. The summed E-state index contributed by atoms with van der Waals surface area (Å²) in [6.07, 6.45) is 1.27. The first kappa shape index (κ1) is 22.9. The Hall–Kier alpha value is -4.24. The molecular weight excluding hydrogens is 432 g/mol. The zero-order valence-electron chi connectivity index (χ0n) is 18.1. The number of allylic oxidation sites excluding steroid dienone is 2. The van der Waals surface area contributed by atoms with Gasteiger partial charge in [0.25, 0.3) is 0 Å². The van der Waals surface area contributed by atoms with E-state index in [0.717, 1.165) is 0 Å². The fraction of sp³-hybridized carbons (Fsp3) is 0.0769. The van der Waals surface area contributed by atoms with Gasteiger partial charge in [-0.3, -0.25) is 9.59 Å². The molecule has 8 heteroatoms. The molecule has 10 N–H and O–H groups in total. The van der Waals surface area contributed by atoms with E-state index in [-0.39, 0.29) is 22.3 Å². The van der Waals surface area contributed by atoms with Crippen molar-refractivity contribution in [3.05, 3.63) is 107 Å². The van der Waals surface area contributed by atoms with Crippen molar-refractivity contribution in [3.63, 3.8) is 0 Å². The van der Waals surface area contributed by atoms with Crippen molar-refractivity contribution in [2.45, 2.75) is 11.8 Å². The van der Waals surface area contributed by atoms with Crippen LogP contribution in [0.4, 0.5) is 17.1 Å². The largest absolute Gasteiger partial charge is 0.399 e. The minimum absolute atomic E-state index is 0.0923. The molecular formula is C26H24N4O4. The van der Waals surface area contributed by atoms with Crippen LogP contribution in [0, 0.1) is 0 Å². The van der Waals surface area contributed by atoms with Crippen LogP contribution in [0.15, 0.2) is 90.0 Å². The fourth-order valence-corrected chi connectivity index (χ4v) is 3.98.